The third-order valence-electron chi connectivity index (χ3n) is 3.96. The first-order valence-corrected chi connectivity index (χ1v) is 9.43. The largest absolute Gasteiger partial charge is 0.240 e. The second kappa shape index (κ2) is 7.03. The van der Waals surface area contributed by atoms with Gasteiger partial charge in [0.2, 0.25) is 10.0 Å². The zero-order valence-electron chi connectivity index (χ0n) is 14.6. The van der Waals surface area contributed by atoms with Crippen molar-refractivity contribution in [1.29, 1.82) is 0 Å². The third-order valence-corrected chi connectivity index (χ3v) is 5.57. The summed E-state index contributed by atoms with van der Waals surface area (Å²) in [5, 5.41) is 0. The first-order valence-electron chi connectivity index (χ1n) is 7.95. The van der Waals surface area contributed by atoms with E-state index in [1.54, 1.807) is 25.1 Å². The number of benzene rings is 2. The zero-order chi connectivity index (χ0) is 18.0. The maximum Gasteiger partial charge on any atom is 0.240 e. The molecule has 0 spiro atoms. The second-order valence-corrected chi connectivity index (χ2v) is 8.74. The molecule has 0 heterocycles. The first kappa shape index (κ1) is 18.6. The minimum absolute atomic E-state index is 0.119. The summed E-state index contributed by atoms with van der Waals surface area (Å²) in [7, 11) is -3.58. The van der Waals surface area contributed by atoms with Crippen molar-refractivity contribution in [3.05, 3.63) is 65.0 Å². The average Bonchev–Trinajstić information content (AvgIpc) is 2.48. The van der Waals surface area contributed by atoms with Crippen molar-refractivity contribution in [1.82, 2.24) is 4.72 Å². The summed E-state index contributed by atoms with van der Waals surface area (Å²) in [5.41, 5.74) is 2.47. The Balaban J connectivity index is 2.14. The van der Waals surface area contributed by atoms with E-state index in [1.807, 2.05) is 12.1 Å². The summed E-state index contributed by atoms with van der Waals surface area (Å²) in [5.74, 6) is -0.297. The molecule has 0 bridgehead atoms. The lowest BCUT2D eigenvalue weighted by Crippen LogP contribution is -2.27. The van der Waals surface area contributed by atoms with Crippen LogP contribution in [0.1, 0.15) is 37.5 Å². The van der Waals surface area contributed by atoms with Gasteiger partial charge in [-0.05, 0) is 53.6 Å². The van der Waals surface area contributed by atoms with Gasteiger partial charge in [-0.25, -0.2) is 17.5 Å². The van der Waals surface area contributed by atoms with E-state index in [0.717, 1.165) is 16.7 Å². The number of nitrogens with one attached hydrogen (secondary N) is 1. The summed E-state index contributed by atoms with van der Waals surface area (Å²) in [6, 6.07) is 11.6. The smallest absolute Gasteiger partial charge is 0.211 e. The van der Waals surface area contributed by atoms with Gasteiger partial charge in [-0.1, -0.05) is 45.0 Å². The Labute approximate surface area is 144 Å². The van der Waals surface area contributed by atoms with Crippen molar-refractivity contribution in [2.24, 2.45) is 0 Å². The number of hydrogen-bond acceptors (Lipinski definition) is 2. The fraction of sp³-hybridized carbons (Fsp3) is 0.368. The first-order chi connectivity index (χ1) is 11.1. The summed E-state index contributed by atoms with van der Waals surface area (Å²) < 4.78 is 40.7. The fourth-order valence-corrected chi connectivity index (χ4v) is 3.72. The monoisotopic (exact) mass is 349 g/mol. The molecule has 0 fully saturated rings. The van der Waals surface area contributed by atoms with E-state index in [9.17, 15) is 12.8 Å². The van der Waals surface area contributed by atoms with E-state index in [2.05, 4.69) is 25.5 Å². The predicted molar refractivity (Wildman–Crippen MR) is 95.2 cm³/mol. The lowest BCUT2D eigenvalue weighted by Gasteiger charge is -2.21. The Morgan fingerprint density at radius 3 is 2.25 bits per heavy atom. The standard InChI is InChI=1S/C19H24FNO2S/c1-14-5-8-16(19(2,3)4)13-18(14)24(22,23)21-12-11-15-6-9-17(20)10-7-15/h5-10,13,21H,11-12H2,1-4H3. The van der Waals surface area contributed by atoms with Gasteiger partial charge >= 0.3 is 0 Å². The topological polar surface area (TPSA) is 46.2 Å². The molecule has 0 aliphatic rings. The van der Waals surface area contributed by atoms with Crippen molar-refractivity contribution in [3.8, 4) is 0 Å². The summed E-state index contributed by atoms with van der Waals surface area (Å²) in [6.07, 6.45) is 0.511. The lowest BCUT2D eigenvalue weighted by atomic mass is 9.87. The molecule has 2 aromatic rings. The molecule has 24 heavy (non-hydrogen) atoms. The van der Waals surface area contributed by atoms with Gasteiger partial charge in [-0.2, -0.15) is 0 Å². The Morgan fingerprint density at radius 1 is 1.04 bits per heavy atom. The third kappa shape index (κ3) is 4.65. The molecule has 0 aromatic heterocycles. The van der Waals surface area contributed by atoms with Gasteiger partial charge in [-0.15, -0.1) is 0 Å². The van der Waals surface area contributed by atoms with Crippen LogP contribution in [0.5, 0.6) is 0 Å². The molecule has 130 valence electrons. The van der Waals surface area contributed by atoms with Crippen LogP contribution >= 0.6 is 0 Å². The fourth-order valence-electron chi connectivity index (χ4n) is 2.41. The van der Waals surface area contributed by atoms with Crippen LogP contribution in [-0.2, 0) is 21.9 Å². The van der Waals surface area contributed by atoms with Gasteiger partial charge < -0.3 is 0 Å². The van der Waals surface area contributed by atoms with E-state index in [4.69, 9.17) is 0 Å². The molecule has 3 nitrogen and oxygen atoms in total. The van der Waals surface area contributed by atoms with Gasteiger partial charge in [0.05, 0.1) is 4.90 Å². The predicted octanol–water partition coefficient (Wildman–Crippen LogP) is 3.95. The lowest BCUT2D eigenvalue weighted by molar-refractivity contribution is 0.575. The molecule has 2 aromatic carbocycles. The molecule has 0 unspecified atom stereocenters. The molecule has 0 amide bonds. The molecule has 5 heteroatoms. The summed E-state index contributed by atoms with van der Waals surface area (Å²) in [4.78, 5) is 0.314. The summed E-state index contributed by atoms with van der Waals surface area (Å²) >= 11 is 0. The van der Waals surface area contributed by atoms with Crippen LogP contribution in [0.25, 0.3) is 0 Å². The van der Waals surface area contributed by atoms with Crippen LogP contribution in [0.4, 0.5) is 4.39 Å². The highest BCUT2D eigenvalue weighted by molar-refractivity contribution is 7.89. The molecule has 2 rings (SSSR count). The van der Waals surface area contributed by atoms with Crippen molar-refractivity contribution < 1.29 is 12.8 Å². The molecular weight excluding hydrogens is 325 g/mol. The number of aryl methyl sites for hydroxylation is 1. The van der Waals surface area contributed by atoms with Crippen molar-refractivity contribution in [2.45, 2.75) is 44.4 Å². The Kier molecular flexibility index (Phi) is 5.45. The quantitative estimate of drug-likeness (QED) is 0.888. The van der Waals surface area contributed by atoms with Crippen molar-refractivity contribution in [2.75, 3.05) is 6.54 Å². The SMILES string of the molecule is Cc1ccc(C(C)(C)C)cc1S(=O)(=O)NCCc1ccc(F)cc1. The number of halogens is 1. The van der Waals surface area contributed by atoms with E-state index in [-0.39, 0.29) is 17.8 Å². The Bertz CT molecular complexity index is 806. The molecular formula is C19H24FNO2S. The average molecular weight is 349 g/mol. The Hall–Kier alpha value is -1.72. The minimum Gasteiger partial charge on any atom is -0.211 e. The molecule has 0 saturated heterocycles. The van der Waals surface area contributed by atoms with Crippen LogP contribution in [0, 0.1) is 12.7 Å². The number of sulfonamides is 1. The molecule has 0 aliphatic carbocycles. The van der Waals surface area contributed by atoms with Crippen LogP contribution in [0.2, 0.25) is 0 Å². The van der Waals surface area contributed by atoms with Crippen LogP contribution in [0.15, 0.2) is 47.4 Å². The number of rotatable bonds is 5. The zero-order valence-corrected chi connectivity index (χ0v) is 15.4. The van der Waals surface area contributed by atoms with Gasteiger partial charge in [0, 0.05) is 6.54 Å². The van der Waals surface area contributed by atoms with Gasteiger partial charge in [-0.3, -0.25) is 0 Å². The Morgan fingerprint density at radius 2 is 1.67 bits per heavy atom. The maximum absolute atomic E-state index is 12.9. The van der Waals surface area contributed by atoms with Gasteiger partial charge in [0.15, 0.2) is 0 Å². The van der Waals surface area contributed by atoms with Crippen molar-refractivity contribution >= 4 is 10.0 Å². The molecule has 0 saturated carbocycles. The minimum atomic E-state index is -3.58. The highest BCUT2D eigenvalue weighted by Gasteiger charge is 2.21. The maximum atomic E-state index is 12.9. The molecule has 0 atom stereocenters. The molecule has 1 N–H and O–H groups in total. The van der Waals surface area contributed by atoms with E-state index >= 15 is 0 Å². The highest BCUT2D eigenvalue weighted by Crippen LogP contribution is 2.26. The molecule has 0 aliphatic heterocycles. The van der Waals surface area contributed by atoms with Crippen LogP contribution in [0.3, 0.4) is 0 Å². The normalized spacial score (nSPS) is 12.4. The van der Waals surface area contributed by atoms with E-state index in [0.29, 0.717) is 11.3 Å². The summed E-state index contributed by atoms with van der Waals surface area (Å²) in [6.45, 7) is 8.22. The van der Waals surface area contributed by atoms with Gasteiger partial charge in [0.25, 0.3) is 0 Å². The van der Waals surface area contributed by atoms with Gasteiger partial charge in [0.1, 0.15) is 5.82 Å². The second-order valence-electron chi connectivity index (χ2n) is 7.00. The van der Waals surface area contributed by atoms with Crippen molar-refractivity contribution in [3.63, 3.8) is 0 Å². The van der Waals surface area contributed by atoms with Crippen LogP contribution in [-0.4, -0.2) is 15.0 Å². The van der Waals surface area contributed by atoms with Crippen LogP contribution < -0.4 is 4.72 Å². The number of hydrogen-bond donors (Lipinski definition) is 1. The van der Waals surface area contributed by atoms with E-state index in [1.165, 1.54) is 12.1 Å². The highest BCUT2D eigenvalue weighted by atomic mass is 32.2. The van der Waals surface area contributed by atoms with E-state index < -0.39 is 10.0 Å². The molecule has 0 radical (unpaired) electrons.